The number of thiazole rings is 1. The molecule has 0 N–H and O–H groups in total. The highest BCUT2D eigenvalue weighted by atomic mass is 32.1. The van der Waals surface area contributed by atoms with E-state index in [-0.39, 0.29) is 0 Å². The largest absolute Gasteiger partial charge is 0.494 e. The molecule has 0 saturated carbocycles. The molecule has 0 unspecified atom stereocenters. The van der Waals surface area contributed by atoms with Gasteiger partial charge in [0.25, 0.3) is 0 Å². The zero-order valence-corrected chi connectivity index (χ0v) is 16.1. The van der Waals surface area contributed by atoms with Crippen molar-refractivity contribution in [3.8, 4) is 17.2 Å². The molecule has 0 bridgehead atoms. The summed E-state index contributed by atoms with van der Waals surface area (Å²) in [6.45, 7) is 6.96. The number of hydrogen-bond acceptors (Lipinski definition) is 5. The van der Waals surface area contributed by atoms with Crippen molar-refractivity contribution in [1.29, 1.82) is 0 Å². The average Bonchev–Trinajstić information content (AvgIpc) is 3.27. The van der Waals surface area contributed by atoms with Crippen LogP contribution in [0.1, 0.15) is 27.2 Å². The fourth-order valence-corrected chi connectivity index (χ4v) is 3.15. The monoisotopic (exact) mass is 369 g/mol. The SMILES string of the molecule is CCOc1ccc(N=c2scc(-c3ccco3)n2N=CCC(C)C)cc1. The van der Waals surface area contributed by atoms with E-state index in [4.69, 9.17) is 14.1 Å². The Bertz CT molecular complexity index is 903. The summed E-state index contributed by atoms with van der Waals surface area (Å²) in [5.74, 6) is 2.17. The van der Waals surface area contributed by atoms with Gasteiger partial charge in [-0.05, 0) is 55.7 Å². The number of aromatic nitrogens is 1. The van der Waals surface area contributed by atoms with Gasteiger partial charge in [-0.1, -0.05) is 13.8 Å². The van der Waals surface area contributed by atoms with Crippen molar-refractivity contribution in [2.45, 2.75) is 27.2 Å². The lowest BCUT2D eigenvalue weighted by molar-refractivity contribution is 0.340. The first-order valence-corrected chi connectivity index (χ1v) is 9.60. The van der Waals surface area contributed by atoms with Crippen molar-refractivity contribution < 1.29 is 9.15 Å². The molecular weight excluding hydrogens is 346 g/mol. The van der Waals surface area contributed by atoms with E-state index in [2.05, 4.69) is 18.9 Å². The Balaban J connectivity index is 1.99. The Hall–Kier alpha value is -2.60. The van der Waals surface area contributed by atoms with Crippen LogP contribution < -0.4 is 9.54 Å². The van der Waals surface area contributed by atoms with Crippen LogP contribution in [0.15, 0.2) is 62.6 Å². The zero-order chi connectivity index (χ0) is 18.4. The van der Waals surface area contributed by atoms with Gasteiger partial charge in [0.05, 0.1) is 18.6 Å². The third-order valence-corrected chi connectivity index (χ3v) is 4.42. The fraction of sp³-hybridized carbons (Fsp3) is 0.300. The van der Waals surface area contributed by atoms with Gasteiger partial charge in [0, 0.05) is 11.6 Å². The molecule has 0 aliphatic carbocycles. The second-order valence-corrected chi connectivity index (χ2v) is 7.00. The van der Waals surface area contributed by atoms with Crippen LogP contribution in [0, 0.1) is 5.92 Å². The average molecular weight is 369 g/mol. The highest BCUT2D eigenvalue weighted by molar-refractivity contribution is 7.07. The van der Waals surface area contributed by atoms with E-state index in [1.807, 2.05) is 59.6 Å². The molecule has 5 nitrogen and oxygen atoms in total. The van der Waals surface area contributed by atoms with Crippen molar-refractivity contribution >= 4 is 23.2 Å². The van der Waals surface area contributed by atoms with Crippen LogP contribution in [0.5, 0.6) is 5.75 Å². The molecule has 0 atom stereocenters. The lowest BCUT2D eigenvalue weighted by atomic mass is 10.2. The molecule has 136 valence electrons. The van der Waals surface area contributed by atoms with E-state index in [1.165, 1.54) is 11.3 Å². The molecule has 6 heteroatoms. The van der Waals surface area contributed by atoms with Crippen molar-refractivity contribution in [3.63, 3.8) is 0 Å². The number of furan rings is 1. The van der Waals surface area contributed by atoms with Gasteiger partial charge in [0.2, 0.25) is 4.80 Å². The number of nitrogens with zero attached hydrogens (tertiary/aromatic N) is 3. The quantitative estimate of drug-likeness (QED) is 0.529. The van der Waals surface area contributed by atoms with Gasteiger partial charge in [-0.3, -0.25) is 0 Å². The third-order valence-electron chi connectivity index (χ3n) is 3.61. The van der Waals surface area contributed by atoms with Gasteiger partial charge in [-0.25, -0.2) is 9.67 Å². The van der Waals surface area contributed by atoms with Crippen LogP contribution in [0.4, 0.5) is 5.69 Å². The highest BCUT2D eigenvalue weighted by Gasteiger charge is 2.10. The normalized spacial score (nSPS) is 12.4. The summed E-state index contributed by atoms with van der Waals surface area (Å²) in [5.41, 5.74) is 1.75. The van der Waals surface area contributed by atoms with Gasteiger partial charge < -0.3 is 9.15 Å². The molecule has 0 saturated heterocycles. The minimum absolute atomic E-state index is 0.552. The van der Waals surface area contributed by atoms with Crippen LogP contribution in [0.2, 0.25) is 0 Å². The molecule has 3 aromatic rings. The fourth-order valence-electron chi connectivity index (χ4n) is 2.32. The molecule has 0 radical (unpaired) electrons. The molecular formula is C20H23N3O2S. The maximum absolute atomic E-state index is 5.55. The molecule has 0 fully saturated rings. The van der Waals surface area contributed by atoms with Crippen molar-refractivity contribution in [1.82, 2.24) is 4.68 Å². The standard InChI is InChI=1S/C20H23N3O2S/c1-4-24-17-9-7-16(8-10-17)22-20-23(21-12-11-15(2)3)18(14-26-20)19-6-5-13-25-19/h5-10,12-15H,4,11H2,1-3H3. The summed E-state index contributed by atoms with van der Waals surface area (Å²) in [5, 5.41) is 6.64. The first-order chi connectivity index (χ1) is 12.7. The predicted molar refractivity (Wildman–Crippen MR) is 106 cm³/mol. The Labute approximate surface area is 157 Å². The Morgan fingerprint density at radius 3 is 2.69 bits per heavy atom. The van der Waals surface area contributed by atoms with Crippen molar-refractivity contribution in [3.05, 3.63) is 52.8 Å². The molecule has 1 aromatic carbocycles. The van der Waals surface area contributed by atoms with Crippen molar-refractivity contribution in [2.24, 2.45) is 16.0 Å². The third kappa shape index (κ3) is 4.52. The molecule has 0 amide bonds. The van der Waals surface area contributed by atoms with E-state index in [0.717, 1.165) is 34.1 Å². The first-order valence-electron chi connectivity index (χ1n) is 8.72. The van der Waals surface area contributed by atoms with Crippen LogP contribution in [0.3, 0.4) is 0 Å². The van der Waals surface area contributed by atoms with Crippen LogP contribution >= 0.6 is 11.3 Å². The smallest absolute Gasteiger partial charge is 0.211 e. The lowest BCUT2D eigenvalue weighted by Gasteiger charge is -2.03. The van der Waals surface area contributed by atoms with E-state index in [9.17, 15) is 0 Å². The van der Waals surface area contributed by atoms with Crippen LogP contribution in [0.25, 0.3) is 11.5 Å². The second-order valence-electron chi connectivity index (χ2n) is 6.16. The molecule has 0 aliphatic heterocycles. The van der Waals surface area contributed by atoms with E-state index in [1.54, 1.807) is 6.26 Å². The molecule has 26 heavy (non-hydrogen) atoms. The molecule has 2 aromatic heterocycles. The first kappa shape index (κ1) is 18.2. The van der Waals surface area contributed by atoms with Gasteiger partial charge in [-0.2, -0.15) is 5.10 Å². The maximum atomic E-state index is 5.55. The predicted octanol–water partition coefficient (Wildman–Crippen LogP) is 5.32. The van der Waals surface area contributed by atoms with Crippen LogP contribution in [-0.2, 0) is 0 Å². The summed E-state index contributed by atoms with van der Waals surface area (Å²) < 4.78 is 12.9. The van der Waals surface area contributed by atoms with E-state index >= 15 is 0 Å². The van der Waals surface area contributed by atoms with Crippen LogP contribution in [-0.4, -0.2) is 17.5 Å². The Kier molecular flexibility index (Phi) is 6.07. The number of ether oxygens (including phenoxy) is 1. The molecule has 0 aliphatic rings. The minimum Gasteiger partial charge on any atom is -0.494 e. The van der Waals surface area contributed by atoms with E-state index < -0.39 is 0 Å². The zero-order valence-electron chi connectivity index (χ0n) is 15.3. The summed E-state index contributed by atoms with van der Waals surface area (Å²) in [6, 6.07) is 11.5. The number of rotatable bonds is 7. The van der Waals surface area contributed by atoms with E-state index in [0.29, 0.717) is 12.5 Å². The van der Waals surface area contributed by atoms with Gasteiger partial charge in [0.1, 0.15) is 11.4 Å². The minimum atomic E-state index is 0.552. The second kappa shape index (κ2) is 8.67. The lowest BCUT2D eigenvalue weighted by Crippen LogP contribution is -2.11. The number of hydrogen-bond donors (Lipinski definition) is 0. The van der Waals surface area contributed by atoms with Gasteiger partial charge in [-0.15, -0.1) is 11.3 Å². The number of benzene rings is 1. The Morgan fingerprint density at radius 1 is 1.23 bits per heavy atom. The van der Waals surface area contributed by atoms with Crippen molar-refractivity contribution in [2.75, 3.05) is 6.61 Å². The molecule has 0 spiro atoms. The van der Waals surface area contributed by atoms with Gasteiger partial charge >= 0.3 is 0 Å². The maximum Gasteiger partial charge on any atom is 0.211 e. The molecule has 3 rings (SSSR count). The Morgan fingerprint density at radius 2 is 2.04 bits per heavy atom. The highest BCUT2D eigenvalue weighted by Crippen LogP contribution is 2.22. The summed E-state index contributed by atoms with van der Waals surface area (Å²) in [4.78, 5) is 5.53. The topological polar surface area (TPSA) is 52.0 Å². The molecule has 2 heterocycles. The summed E-state index contributed by atoms with van der Waals surface area (Å²) in [6.07, 6.45) is 4.50. The summed E-state index contributed by atoms with van der Waals surface area (Å²) >= 11 is 1.53. The summed E-state index contributed by atoms with van der Waals surface area (Å²) in [7, 11) is 0. The van der Waals surface area contributed by atoms with Gasteiger partial charge in [0.15, 0.2) is 5.76 Å².